The third-order valence-electron chi connectivity index (χ3n) is 4.86. The molecule has 3 rings (SSSR count). The van der Waals surface area contributed by atoms with E-state index in [0.29, 0.717) is 16.3 Å². The second kappa shape index (κ2) is 10.4. The van der Waals surface area contributed by atoms with E-state index >= 15 is 0 Å². The molecular formula is C23H20ClN3O4S. The van der Waals surface area contributed by atoms with Crippen molar-refractivity contribution in [1.82, 2.24) is 5.32 Å². The minimum absolute atomic E-state index is 0.0367. The van der Waals surface area contributed by atoms with Crippen LogP contribution in [-0.4, -0.2) is 30.6 Å². The van der Waals surface area contributed by atoms with Gasteiger partial charge in [-0.25, -0.2) is 0 Å². The molecule has 7 nitrogen and oxygen atoms in total. The molecule has 0 aromatic heterocycles. The Bertz CT molecular complexity index is 1120. The number of ether oxygens (including phenoxy) is 1. The largest absolute Gasteiger partial charge is 0.468 e. The molecular weight excluding hydrogens is 450 g/mol. The number of allylic oxidation sites excluding steroid dienone is 1. The van der Waals surface area contributed by atoms with Crippen molar-refractivity contribution >= 4 is 46.8 Å². The summed E-state index contributed by atoms with van der Waals surface area (Å²) in [5.41, 5.74) is 2.40. The van der Waals surface area contributed by atoms with Crippen LogP contribution in [0.4, 0.5) is 5.69 Å². The summed E-state index contributed by atoms with van der Waals surface area (Å²) in [7, 11) is 1.18. The molecule has 164 valence electrons. The third kappa shape index (κ3) is 5.31. The topological polar surface area (TPSA) is 108 Å². The Hall–Kier alpha value is -3.28. The lowest BCUT2D eigenvalue weighted by Gasteiger charge is -2.30. The van der Waals surface area contributed by atoms with Gasteiger partial charge in [-0.1, -0.05) is 47.6 Å². The fraction of sp³-hybridized carbons (Fsp3) is 0.217. The van der Waals surface area contributed by atoms with Gasteiger partial charge in [-0.2, -0.15) is 5.26 Å². The van der Waals surface area contributed by atoms with Crippen LogP contribution in [0.15, 0.2) is 59.1 Å². The zero-order chi connectivity index (χ0) is 23.3. The molecule has 0 spiro atoms. The molecule has 0 fully saturated rings. The van der Waals surface area contributed by atoms with Gasteiger partial charge in [0.1, 0.15) is 5.92 Å². The van der Waals surface area contributed by atoms with Crippen molar-refractivity contribution in [2.75, 3.05) is 18.2 Å². The minimum Gasteiger partial charge on any atom is -0.468 e. The highest BCUT2D eigenvalue weighted by molar-refractivity contribution is 8.03. The Balaban J connectivity index is 1.88. The van der Waals surface area contributed by atoms with Gasteiger partial charge in [-0.3, -0.25) is 14.4 Å². The molecule has 2 unspecified atom stereocenters. The number of esters is 1. The molecule has 2 N–H and O–H groups in total. The summed E-state index contributed by atoms with van der Waals surface area (Å²) in [6.07, 6.45) is 0. The number of nitriles is 1. The van der Waals surface area contributed by atoms with Crippen LogP contribution in [0.1, 0.15) is 17.0 Å². The molecule has 0 radical (unpaired) electrons. The summed E-state index contributed by atoms with van der Waals surface area (Å²) in [4.78, 5) is 37.6. The number of nitrogens with zero attached hydrogens (tertiary/aromatic N) is 1. The molecule has 1 aliphatic heterocycles. The van der Waals surface area contributed by atoms with Crippen molar-refractivity contribution in [1.29, 1.82) is 5.26 Å². The van der Waals surface area contributed by atoms with Crippen molar-refractivity contribution in [3.8, 4) is 6.07 Å². The molecule has 32 heavy (non-hydrogen) atoms. The Kier molecular flexibility index (Phi) is 7.57. The molecule has 2 amide bonds. The van der Waals surface area contributed by atoms with Crippen molar-refractivity contribution in [3.05, 3.63) is 75.3 Å². The van der Waals surface area contributed by atoms with E-state index in [1.54, 1.807) is 30.3 Å². The maximum Gasteiger partial charge on any atom is 0.319 e. The van der Waals surface area contributed by atoms with Crippen LogP contribution >= 0.6 is 23.4 Å². The van der Waals surface area contributed by atoms with Gasteiger partial charge in [-0.05, 0) is 42.3 Å². The number of carbonyl (C=O) groups is 3. The number of aryl methyl sites for hydroxylation is 1. The van der Waals surface area contributed by atoms with Gasteiger partial charge in [0, 0.05) is 16.6 Å². The van der Waals surface area contributed by atoms with Crippen molar-refractivity contribution in [2.45, 2.75) is 12.8 Å². The molecule has 2 atom stereocenters. The number of hydrogen-bond acceptors (Lipinski definition) is 6. The fourth-order valence-corrected chi connectivity index (χ4v) is 4.38. The highest BCUT2D eigenvalue weighted by Crippen LogP contribution is 2.40. The molecule has 2 aromatic carbocycles. The van der Waals surface area contributed by atoms with Gasteiger partial charge in [0.25, 0.3) is 0 Å². The van der Waals surface area contributed by atoms with Gasteiger partial charge in [0.2, 0.25) is 11.8 Å². The number of nitrogens with one attached hydrogen (secondary N) is 2. The van der Waals surface area contributed by atoms with E-state index in [1.807, 2.05) is 25.1 Å². The number of anilines is 1. The number of halogens is 1. The van der Waals surface area contributed by atoms with Gasteiger partial charge >= 0.3 is 5.97 Å². The standard InChI is InChI=1S/C23H20ClN3O4S/c1-13-4-3-5-16(10-13)26-18(28)12-32-22-17(11-25)19(14-6-8-15(24)9-7-14)20(21(29)27-22)23(30)31-2/h3-10,19-20H,12H2,1-2H3,(H,26,28)(H,27,29). The SMILES string of the molecule is COC(=O)C1C(=O)NC(SCC(=O)Nc2cccc(C)c2)=C(C#N)C1c1ccc(Cl)cc1. The number of carbonyl (C=O) groups excluding carboxylic acids is 3. The number of benzene rings is 2. The predicted molar refractivity (Wildman–Crippen MR) is 123 cm³/mol. The molecule has 0 saturated carbocycles. The summed E-state index contributed by atoms with van der Waals surface area (Å²) in [6, 6.07) is 16.0. The van der Waals surface area contributed by atoms with Crippen LogP contribution < -0.4 is 10.6 Å². The van der Waals surface area contributed by atoms with Crippen molar-refractivity contribution < 1.29 is 19.1 Å². The first kappa shape index (κ1) is 23.4. The zero-order valence-corrected chi connectivity index (χ0v) is 18.9. The van der Waals surface area contributed by atoms with Crippen molar-refractivity contribution in [3.63, 3.8) is 0 Å². The first-order chi connectivity index (χ1) is 15.3. The van der Waals surface area contributed by atoms with Crippen molar-refractivity contribution in [2.24, 2.45) is 5.92 Å². The Morgan fingerprint density at radius 3 is 2.59 bits per heavy atom. The third-order valence-corrected chi connectivity index (χ3v) is 6.13. The average Bonchev–Trinajstić information content (AvgIpc) is 2.77. The molecule has 0 saturated heterocycles. The van der Waals surface area contributed by atoms with Crippen LogP contribution in [0.5, 0.6) is 0 Å². The van der Waals surface area contributed by atoms with Crippen LogP contribution in [0, 0.1) is 24.2 Å². The normalized spacial score (nSPS) is 17.9. The van der Waals surface area contributed by atoms with E-state index in [1.165, 1.54) is 7.11 Å². The summed E-state index contributed by atoms with van der Waals surface area (Å²) < 4.78 is 4.81. The lowest BCUT2D eigenvalue weighted by molar-refractivity contribution is -0.150. The zero-order valence-electron chi connectivity index (χ0n) is 17.3. The summed E-state index contributed by atoms with van der Waals surface area (Å²) in [5.74, 6) is -3.78. The monoisotopic (exact) mass is 469 g/mol. The van der Waals surface area contributed by atoms with E-state index in [4.69, 9.17) is 16.3 Å². The van der Waals surface area contributed by atoms with Gasteiger partial charge in [0.05, 0.1) is 29.5 Å². The first-order valence-corrected chi connectivity index (χ1v) is 11.0. The fourth-order valence-electron chi connectivity index (χ4n) is 3.41. The Morgan fingerprint density at radius 2 is 1.97 bits per heavy atom. The first-order valence-electron chi connectivity index (χ1n) is 9.61. The van der Waals surface area contributed by atoms with Gasteiger partial charge in [-0.15, -0.1) is 0 Å². The van der Waals surface area contributed by atoms with E-state index in [2.05, 4.69) is 16.7 Å². The lowest BCUT2D eigenvalue weighted by atomic mass is 9.78. The Labute approximate surface area is 194 Å². The highest BCUT2D eigenvalue weighted by atomic mass is 35.5. The molecule has 0 aliphatic carbocycles. The summed E-state index contributed by atoms with van der Waals surface area (Å²) >= 11 is 6.99. The molecule has 2 aromatic rings. The predicted octanol–water partition coefficient (Wildman–Crippen LogP) is 3.76. The van der Waals surface area contributed by atoms with Crippen LogP contribution in [0.3, 0.4) is 0 Å². The molecule has 9 heteroatoms. The molecule has 0 bridgehead atoms. The second-order valence-corrected chi connectivity index (χ2v) is 8.50. The minimum atomic E-state index is -1.23. The number of hydrogen-bond donors (Lipinski definition) is 2. The lowest BCUT2D eigenvalue weighted by Crippen LogP contribution is -2.44. The van der Waals surface area contributed by atoms with Gasteiger partial charge < -0.3 is 15.4 Å². The van der Waals surface area contributed by atoms with E-state index < -0.39 is 23.7 Å². The maximum absolute atomic E-state index is 12.8. The Morgan fingerprint density at radius 1 is 1.25 bits per heavy atom. The van der Waals surface area contributed by atoms with E-state index in [-0.39, 0.29) is 22.3 Å². The number of methoxy groups -OCH3 is 1. The molecule has 1 heterocycles. The average molecular weight is 470 g/mol. The van der Waals surface area contributed by atoms with Gasteiger partial charge in [0.15, 0.2) is 0 Å². The maximum atomic E-state index is 12.8. The van der Waals surface area contributed by atoms with Crippen LogP contribution in [-0.2, 0) is 19.1 Å². The van der Waals surface area contributed by atoms with Crippen LogP contribution in [0.25, 0.3) is 0 Å². The van der Waals surface area contributed by atoms with E-state index in [9.17, 15) is 19.6 Å². The second-order valence-electron chi connectivity index (χ2n) is 7.08. The highest BCUT2D eigenvalue weighted by Gasteiger charge is 2.44. The number of amides is 2. The quantitative estimate of drug-likeness (QED) is 0.492. The van der Waals surface area contributed by atoms with Crippen LogP contribution in [0.2, 0.25) is 5.02 Å². The summed E-state index contributed by atoms with van der Waals surface area (Å²) in [6.45, 7) is 1.92. The summed E-state index contributed by atoms with van der Waals surface area (Å²) in [5, 5.41) is 16.0. The smallest absolute Gasteiger partial charge is 0.319 e. The number of rotatable bonds is 6. The van der Waals surface area contributed by atoms with E-state index in [0.717, 1.165) is 17.3 Å². The number of thioether (sulfide) groups is 1. The molecule has 1 aliphatic rings.